The molecule has 18 heavy (non-hydrogen) atoms. The molecule has 0 aliphatic rings. The van der Waals surface area contributed by atoms with Crippen LogP contribution in [-0.2, 0) is 6.54 Å². The van der Waals surface area contributed by atoms with E-state index in [1.54, 1.807) is 7.11 Å². The SMILES string of the molecule is CCNCc1cncc(-c2ccc(OC)cc2)c1. The Morgan fingerprint density at radius 1 is 1.11 bits per heavy atom. The Labute approximate surface area is 108 Å². The van der Waals surface area contributed by atoms with Crippen LogP contribution in [0.15, 0.2) is 42.7 Å². The Hall–Kier alpha value is -1.87. The number of benzene rings is 1. The number of ether oxygens (including phenoxy) is 1. The van der Waals surface area contributed by atoms with E-state index in [9.17, 15) is 0 Å². The molecule has 0 saturated carbocycles. The summed E-state index contributed by atoms with van der Waals surface area (Å²) in [5.74, 6) is 0.871. The normalized spacial score (nSPS) is 10.3. The highest BCUT2D eigenvalue weighted by Crippen LogP contribution is 2.22. The molecule has 0 aliphatic carbocycles. The fraction of sp³-hybridized carbons (Fsp3) is 0.267. The number of rotatable bonds is 5. The summed E-state index contributed by atoms with van der Waals surface area (Å²) in [5.41, 5.74) is 3.49. The predicted octanol–water partition coefficient (Wildman–Crippen LogP) is 2.87. The quantitative estimate of drug-likeness (QED) is 0.875. The third-order valence-corrected chi connectivity index (χ3v) is 2.80. The van der Waals surface area contributed by atoms with Crippen molar-refractivity contribution >= 4 is 0 Å². The Morgan fingerprint density at radius 3 is 2.56 bits per heavy atom. The number of pyridine rings is 1. The van der Waals surface area contributed by atoms with E-state index in [0.29, 0.717) is 0 Å². The highest BCUT2D eigenvalue weighted by molar-refractivity contribution is 5.63. The van der Waals surface area contributed by atoms with Gasteiger partial charge in [0, 0.05) is 24.5 Å². The first-order valence-electron chi connectivity index (χ1n) is 6.12. The smallest absolute Gasteiger partial charge is 0.118 e. The molecule has 3 heteroatoms. The van der Waals surface area contributed by atoms with Crippen LogP contribution < -0.4 is 10.1 Å². The summed E-state index contributed by atoms with van der Waals surface area (Å²) in [7, 11) is 1.67. The van der Waals surface area contributed by atoms with Crippen molar-refractivity contribution in [2.24, 2.45) is 0 Å². The van der Waals surface area contributed by atoms with Crippen molar-refractivity contribution in [3.8, 4) is 16.9 Å². The molecule has 0 unspecified atom stereocenters. The summed E-state index contributed by atoms with van der Waals surface area (Å²) < 4.78 is 5.16. The van der Waals surface area contributed by atoms with Gasteiger partial charge >= 0.3 is 0 Å². The van der Waals surface area contributed by atoms with Crippen LogP contribution >= 0.6 is 0 Å². The molecule has 3 nitrogen and oxygen atoms in total. The maximum absolute atomic E-state index is 5.16. The van der Waals surface area contributed by atoms with Gasteiger partial charge in [-0.1, -0.05) is 19.1 Å². The molecule has 1 N–H and O–H groups in total. The minimum Gasteiger partial charge on any atom is -0.497 e. The lowest BCUT2D eigenvalue weighted by Gasteiger charge is -2.06. The Balaban J connectivity index is 2.20. The van der Waals surface area contributed by atoms with E-state index in [-0.39, 0.29) is 0 Å². The summed E-state index contributed by atoms with van der Waals surface area (Å²) in [6.45, 7) is 3.92. The van der Waals surface area contributed by atoms with Crippen LogP contribution in [0.5, 0.6) is 5.75 Å². The van der Waals surface area contributed by atoms with Crippen molar-refractivity contribution in [2.45, 2.75) is 13.5 Å². The molecular formula is C15H18N2O. The molecule has 0 saturated heterocycles. The molecule has 1 heterocycles. The first-order valence-corrected chi connectivity index (χ1v) is 6.12. The first kappa shape index (κ1) is 12.6. The van der Waals surface area contributed by atoms with E-state index >= 15 is 0 Å². The summed E-state index contributed by atoms with van der Waals surface area (Å²) in [5, 5.41) is 3.30. The van der Waals surface area contributed by atoms with Gasteiger partial charge in [0.05, 0.1) is 7.11 Å². The summed E-state index contributed by atoms with van der Waals surface area (Å²) in [4.78, 5) is 4.29. The zero-order valence-corrected chi connectivity index (χ0v) is 10.8. The van der Waals surface area contributed by atoms with Gasteiger partial charge in [-0.2, -0.15) is 0 Å². The number of hydrogen-bond donors (Lipinski definition) is 1. The lowest BCUT2D eigenvalue weighted by molar-refractivity contribution is 0.415. The van der Waals surface area contributed by atoms with Gasteiger partial charge in [-0.15, -0.1) is 0 Å². The second-order valence-corrected chi connectivity index (χ2v) is 4.09. The number of hydrogen-bond acceptors (Lipinski definition) is 3. The van der Waals surface area contributed by atoms with Crippen molar-refractivity contribution in [1.82, 2.24) is 10.3 Å². The summed E-state index contributed by atoms with van der Waals surface area (Å²) >= 11 is 0. The van der Waals surface area contributed by atoms with E-state index in [0.717, 1.165) is 30.0 Å². The highest BCUT2D eigenvalue weighted by Gasteiger charge is 2.00. The van der Waals surface area contributed by atoms with Crippen LogP contribution in [0.25, 0.3) is 11.1 Å². The maximum Gasteiger partial charge on any atom is 0.118 e. The second kappa shape index (κ2) is 6.17. The molecule has 1 aromatic carbocycles. The predicted molar refractivity (Wildman–Crippen MR) is 73.6 cm³/mol. The molecule has 0 radical (unpaired) electrons. The Morgan fingerprint density at radius 2 is 1.89 bits per heavy atom. The van der Waals surface area contributed by atoms with E-state index in [4.69, 9.17) is 4.74 Å². The van der Waals surface area contributed by atoms with Gasteiger partial charge in [-0.05, 0) is 35.9 Å². The molecular weight excluding hydrogens is 224 g/mol. The van der Waals surface area contributed by atoms with Crippen molar-refractivity contribution in [2.75, 3.05) is 13.7 Å². The van der Waals surface area contributed by atoms with Crippen molar-refractivity contribution in [1.29, 1.82) is 0 Å². The molecule has 0 aliphatic heterocycles. The minimum atomic E-state index is 0.855. The molecule has 0 fully saturated rings. The Kier molecular flexibility index (Phi) is 4.31. The lowest BCUT2D eigenvalue weighted by Crippen LogP contribution is -2.11. The standard InChI is InChI=1S/C15H18N2O/c1-3-16-9-12-8-14(11-17-10-12)13-4-6-15(18-2)7-5-13/h4-8,10-11,16H,3,9H2,1-2H3. The summed E-state index contributed by atoms with van der Waals surface area (Å²) in [6, 6.07) is 10.2. The van der Waals surface area contributed by atoms with E-state index in [1.165, 1.54) is 5.56 Å². The lowest BCUT2D eigenvalue weighted by atomic mass is 10.1. The topological polar surface area (TPSA) is 34.2 Å². The zero-order chi connectivity index (χ0) is 12.8. The van der Waals surface area contributed by atoms with Crippen molar-refractivity contribution in [3.05, 3.63) is 48.3 Å². The second-order valence-electron chi connectivity index (χ2n) is 4.09. The van der Waals surface area contributed by atoms with Gasteiger partial charge in [0.15, 0.2) is 0 Å². The van der Waals surface area contributed by atoms with Crippen LogP contribution in [0.3, 0.4) is 0 Å². The third kappa shape index (κ3) is 3.08. The summed E-state index contributed by atoms with van der Waals surface area (Å²) in [6.07, 6.45) is 3.78. The number of nitrogens with zero attached hydrogens (tertiary/aromatic N) is 1. The van der Waals surface area contributed by atoms with E-state index in [2.05, 4.69) is 23.3 Å². The van der Waals surface area contributed by atoms with Crippen LogP contribution in [0.1, 0.15) is 12.5 Å². The van der Waals surface area contributed by atoms with Gasteiger partial charge in [-0.25, -0.2) is 0 Å². The minimum absolute atomic E-state index is 0.855. The molecule has 0 bridgehead atoms. The maximum atomic E-state index is 5.16. The van der Waals surface area contributed by atoms with Crippen LogP contribution in [0.2, 0.25) is 0 Å². The van der Waals surface area contributed by atoms with Crippen LogP contribution in [0, 0.1) is 0 Å². The third-order valence-electron chi connectivity index (χ3n) is 2.80. The van der Waals surface area contributed by atoms with Crippen molar-refractivity contribution < 1.29 is 4.74 Å². The van der Waals surface area contributed by atoms with Gasteiger partial charge in [-0.3, -0.25) is 4.98 Å². The number of methoxy groups -OCH3 is 1. The largest absolute Gasteiger partial charge is 0.497 e. The van der Waals surface area contributed by atoms with Gasteiger partial charge < -0.3 is 10.1 Å². The number of aromatic nitrogens is 1. The molecule has 94 valence electrons. The fourth-order valence-electron chi connectivity index (χ4n) is 1.79. The molecule has 0 spiro atoms. The van der Waals surface area contributed by atoms with E-state index in [1.807, 2.05) is 36.7 Å². The fourth-order valence-corrected chi connectivity index (χ4v) is 1.79. The van der Waals surface area contributed by atoms with Crippen molar-refractivity contribution in [3.63, 3.8) is 0 Å². The van der Waals surface area contributed by atoms with Gasteiger partial charge in [0.2, 0.25) is 0 Å². The average molecular weight is 242 g/mol. The Bertz CT molecular complexity index is 494. The zero-order valence-electron chi connectivity index (χ0n) is 10.8. The first-order chi connectivity index (χ1) is 8.83. The average Bonchev–Trinajstić information content (AvgIpc) is 2.45. The number of nitrogens with one attached hydrogen (secondary N) is 1. The van der Waals surface area contributed by atoms with Gasteiger partial charge in [0.25, 0.3) is 0 Å². The van der Waals surface area contributed by atoms with Crippen LogP contribution in [-0.4, -0.2) is 18.6 Å². The molecule has 2 rings (SSSR count). The highest BCUT2D eigenvalue weighted by atomic mass is 16.5. The molecule has 1 aromatic heterocycles. The molecule has 0 atom stereocenters. The molecule has 0 amide bonds. The van der Waals surface area contributed by atoms with Gasteiger partial charge in [0.1, 0.15) is 5.75 Å². The monoisotopic (exact) mass is 242 g/mol. The van der Waals surface area contributed by atoms with E-state index < -0.39 is 0 Å². The molecule has 2 aromatic rings. The van der Waals surface area contributed by atoms with Crippen LogP contribution in [0.4, 0.5) is 0 Å².